The van der Waals surface area contributed by atoms with Crippen LogP contribution in [0.5, 0.6) is 0 Å². The van der Waals surface area contributed by atoms with Crippen molar-refractivity contribution in [3.8, 4) is 0 Å². The van der Waals surface area contributed by atoms with Gasteiger partial charge in [0.05, 0.1) is 6.54 Å². The van der Waals surface area contributed by atoms with Crippen LogP contribution < -0.4 is 0 Å². The van der Waals surface area contributed by atoms with Crippen molar-refractivity contribution in [1.82, 2.24) is 15.0 Å². The van der Waals surface area contributed by atoms with E-state index in [0.29, 0.717) is 11.2 Å². The third-order valence-electron chi connectivity index (χ3n) is 3.06. The first-order valence-corrected chi connectivity index (χ1v) is 7.93. The van der Waals surface area contributed by atoms with E-state index in [4.69, 9.17) is 4.52 Å². The molecule has 0 bridgehead atoms. The van der Waals surface area contributed by atoms with Crippen LogP contribution >= 0.6 is 11.8 Å². The highest BCUT2D eigenvalue weighted by Crippen LogP contribution is 2.13. The molecule has 0 aliphatic rings. The van der Waals surface area contributed by atoms with Crippen LogP contribution in [0.4, 0.5) is 0 Å². The van der Waals surface area contributed by atoms with E-state index in [2.05, 4.69) is 49.0 Å². The van der Waals surface area contributed by atoms with E-state index >= 15 is 0 Å². The van der Waals surface area contributed by atoms with E-state index < -0.39 is 0 Å². The van der Waals surface area contributed by atoms with Gasteiger partial charge in [0, 0.05) is 11.2 Å². The van der Waals surface area contributed by atoms with Gasteiger partial charge in [-0.3, -0.25) is 4.90 Å². The van der Waals surface area contributed by atoms with E-state index in [9.17, 15) is 0 Å². The summed E-state index contributed by atoms with van der Waals surface area (Å²) in [6, 6.07) is 0. The lowest BCUT2D eigenvalue weighted by Gasteiger charge is -2.19. The molecule has 0 unspecified atom stereocenters. The first-order valence-electron chi connectivity index (χ1n) is 6.64. The second-order valence-electron chi connectivity index (χ2n) is 4.90. The minimum Gasteiger partial charge on any atom is -0.338 e. The van der Waals surface area contributed by atoms with Crippen LogP contribution in [0, 0.1) is 0 Å². The summed E-state index contributed by atoms with van der Waals surface area (Å²) in [6.45, 7) is 11.4. The highest BCUT2D eigenvalue weighted by molar-refractivity contribution is 7.99. The highest BCUT2D eigenvalue weighted by Gasteiger charge is 2.13. The number of hydrogen-bond donors (Lipinski definition) is 0. The van der Waals surface area contributed by atoms with Gasteiger partial charge >= 0.3 is 0 Å². The summed E-state index contributed by atoms with van der Waals surface area (Å²) >= 11 is 1.91. The lowest BCUT2D eigenvalue weighted by Crippen LogP contribution is -2.25. The van der Waals surface area contributed by atoms with Crippen LogP contribution in [-0.4, -0.2) is 39.6 Å². The molecule has 1 atom stereocenters. The molecule has 0 radical (unpaired) electrons. The van der Waals surface area contributed by atoms with E-state index in [0.717, 1.165) is 31.3 Å². The first kappa shape index (κ1) is 15.5. The van der Waals surface area contributed by atoms with Crippen molar-refractivity contribution >= 4 is 11.8 Å². The van der Waals surface area contributed by atoms with Crippen molar-refractivity contribution in [1.29, 1.82) is 0 Å². The molecule has 0 saturated heterocycles. The Morgan fingerprint density at radius 3 is 2.56 bits per heavy atom. The molecule has 0 aromatic carbocycles. The lowest BCUT2D eigenvalue weighted by molar-refractivity contribution is 0.233. The van der Waals surface area contributed by atoms with Crippen molar-refractivity contribution in [3.05, 3.63) is 11.7 Å². The molecule has 0 amide bonds. The molecule has 0 spiro atoms. The Morgan fingerprint density at radius 1 is 1.33 bits per heavy atom. The number of nitrogens with zero attached hydrogens (tertiary/aromatic N) is 3. The molecule has 0 aliphatic heterocycles. The number of thioether (sulfide) groups is 1. The largest absolute Gasteiger partial charge is 0.338 e. The van der Waals surface area contributed by atoms with E-state index in [1.807, 2.05) is 11.8 Å². The maximum absolute atomic E-state index is 5.28. The molecule has 5 heteroatoms. The van der Waals surface area contributed by atoms with Crippen LogP contribution in [0.3, 0.4) is 0 Å². The Balaban J connectivity index is 2.46. The Hall–Kier alpha value is -0.550. The molecule has 0 saturated carbocycles. The molecule has 0 N–H and O–H groups in total. The fraction of sp³-hybridized carbons (Fsp3) is 0.846. The summed E-state index contributed by atoms with van der Waals surface area (Å²) in [4.78, 5) is 6.77. The Labute approximate surface area is 115 Å². The fourth-order valence-electron chi connectivity index (χ4n) is 1.59. The van der Waals surface area contributed by atoms with Crippen LogP contribution in [0.1, 0.15) is 51.7 Å². The topological polar surface area (TPSA) is 42.2 Å². The maximum Gasteiger partial charge on any atom is 0.240 e. The van der Waals surface area contributed by atoms with E-state index in [1.165, 1.54) is 6.42 Å². The monoisotopic (exact) mass is 271 g/mol. The van der Waals surface area contributed by atoms with Gasteiger partial charge in [-0.15, -0.1) is 0 Å². The van der Waals surface area contributed by atoms with E-state index in [1.54, 1.807) is 0 Å². The zero-order chi connectivity index (χ0) is 13.5. The van der Waals surface area contributed by atoms with Gasteiger partial charge in [0.1, 0.15) is 0 Å². The van der Waals surface area contributed by atoms with Crippen LogP contribution in [0.2, 0.25) is 0 Å². The summed E-state index contributed by atoms with van der Waals surface area (Å²) in [5.41, 5.74) is 0. The predicted octanol–water partition coefficient (Wildman–Crippen LogP) is 3.16. The van der Waals surface area contributed by atoms with Gasteiger partial charge in [0.25, 0.3) is 0 Å². The van der Waals surface area contributed by atoms with Gasteiger partial charge in [-0.2, -0.15) is 16.7 Å². The van der Waals surface area contributed by atoms with Gasteiger partial charge in [-0.25, -0.2) is 0 Å². The summed E-state index contributed by atoms with van der Waals surface area (Å²) < 4.78 is 5.28. The molecule has 18 heavy (non-hydrogen) atoms. The van der Waals surface area contributed by atoms with Gasteiger partial charge in [0.15, 0.2) is 5.82 Å². The Morgan fingerprint density at radius 2 is 2.06 bits per heavy atom. The average Bonchev–Trinajstić information content (AvgIpc) is 2.82. The maximum atomic E-state index is 5.28. The lowest BCUT2D eigenvalue weighted by atomic mass is 10.2. The number of hydrogen-bond acceptors (Lipinski definition) is 5. The molecule has 0 aliphatic carbocycles. The molecule has 4 nitrogen and oxygen atoms in total. The first-order chi connectivity index (χ1) is 8.56. The summed E-state index contributed by atoms with van der Waals surface area (Å²) in [6.07, 6.45) is 3.36. The Bertz CT molecular complexity index is 341. The molecule has 1 heterocycles. The van der Waals surface area contributed by atoms with Crippen molar-refractivity contribution in [2.45, 2.75) is 51.8 Å². The predicted molar refractivity (Wildman–Crippen MR) is 76.9 cm³/mol. The molecule has 1 aromatic heterocycles. The van der Waals surface area contributed by atoms with Gasteiger partial charge in [-0.05, 0) is 25.8 Å². The second-order valence-corrected chi connectivity index (χ2v) is 6.18. The summed E-state index contributed by atoms with van der Waals surface area (Å²) in [7, 11) is 0. The van der Waals surface area contributed by atoms with Crippen molar-refractivity contribution < 1.29 is 4.52 Å². The molecule has 1 aromatic rings. The van der Waals surface area contributed by atoms with Crippen LogP contribution in [0.25, 0.3) is 0 Å². The zero-order valence-corrected chi connectivity index (χ0v) is 13.0. The van der Waals surface area contributed by atoms with Crippen LogP contribution in [-0.2, 0) is 6.54 Å². The van der Waals surface area contributed by atoms with Crippen molar-refractivity contribution in [2.75, 3.05) is 19.3 Å². The molecular weight excluding hydrogens is 246 g/mol. The number of rotatable bonds is 8. The van der Waals surface area contributed by atoms with Crippen molar-refractivity contribution in [3.63, 3.8) is 0 Å². The quantitative estimate of drug-likeness (QED) is 0.726. The highest BCUT2D eigenvalue weighted by atomic mass is 32.2. The molecule has 0 fully saturated rings. The minimum atomic E-state index is 0.328. The average molecular weight is 271 g/mol. The van der Waals surface area contributed by atoms with Crippen molar-refractivity contribution in [2.24, 2.45) is 0 Å². The normalized spacial score (nSPS) is 13.5. The smallest absolute Gasteiger partial charge is 0.240 e. The third-order valence-corrected chi connectivity index (χ3v) is 4.10. The summed E-state index contributed by atoms with van der Waals surface area (Å²) in [5, 5.41) is 4.70. The second kappa shape index (κ2) is 7.79. The summed E-state index contributed by atoms with van der Waals surface area (Å²) in [5.74, 6) is 1.87. The minimum absolute atomic E-state index is 0.328. The molecular formula is C13H25N3OS. The Kier molecular flexibility index (Phi) is 6.71. The molecule has 104 valence electrons. The standard InChI is InChI=1S/C13H25N3OS/c1-6-16(8-7-11(4)18-5)9-12-14-13(10(2)3)15-17-12/h10-11H,6-9H2,1-5H3/t11-/m1/s1. The van der Waals surface area contributed by atoms with Gasteiger partial charge < -0.3 is 4.52 Å². The van der Waals surface area contributed by atoms with Gasteiger partial charge in [0.2, 0.25) is 5.89 Å². The van der Waals surface area contributed by atoms with E-state index in [-0.39, 0.29) is 0 Å². The SMILES string of the molecule is CCN(CC[C@@H](C)SC)Cc1nc(C(C)C)no1. The van der Waals surface area contributed by atoms with Crippen LogP contribution in [0.15, 0.2) is 4.52 Å². The molecule has 1 rings (SSSR count). The number of aromatic nitrogens is 2. The third kappa shape index (κ3) is 4.98. The van der Waals surface area contributed by atoms with Gasteiger partial charge in [-0.1, -0.05) is 32.9 Å². The zero-order valence-electron chi connectivity index (χ0n) is 12.1. The fourth-order valence-corrected chi connectivity index (χ4v) is 1.93.